The average molecular weight is 407 g/mol. The van der Waals surface area contributed by atoms with Gasteiger partial charge in [0.15, 0.2) is 0 Å². The van der Waals surface area contributed by atoms with Crippen molar-refractivity contribution in [2.24, 2.45) is 0 Å². The molecule has 0 radical (unpaired) electrons. The Morgan fingerprint density at radius 3 is 2.30 bits per heavy atom. The first-order valence-electron chi connectivity index (χ1n) is 10.7. The molecule has 2 saturated heterocycles. The van der Waals surface area contributed by atoms with Gasteiger partial charge in [0, 0.05) is 25.3 Å². The molecular weight excluding hydrogens is 376 g/mol. The van der Waals surface area contributed by atoms with E-state index >= 15 is 0 Å². The molecular formula is C24H30N4O2. The van der Waals surface area contributed by atoms with Gasteiger partial charge >= 0.3 is 6.03 Å². The number of hydrogen-bond donors (Lipinski definition) is 1. The first-order valence-corrected chi connectivity index (χ1v) is 10.7. The molecule has 0 bridgehead atoms. The van der Waals surface area contributed by atoms with Gasteiger partial charge in [-0.1, -0.05) is 42.5 Å². The maximum atomic E-state index is 13.1. The summed E-state index contributed by atoms with van der Waals surface area (Å²) in [5.41, 5.74) is 2.21. The number of carbonyl (C=O) groups is 2. The summed E-state index contributed by atoms with van der Waals surface area (Å²) in [5.74, 6) is -0.217. The Hall–Kier alpha value is -2.86. The quantitative estimate of drug-likeness (QED) is 0.746. The van der Waals surface area contributed by atoms with Crippen molar-refractivity contribution >= 4 is 17.6 Å². The van der Waals surface area contributed by atoms with Crippen LogP contribution in [0.1, 0.15) is 37.3 Å². The summed E-state index contributed by atoms with van der Waals surface area (Å²) in [7, 11) is 1.93. The van der Waals surface area contributed by atoms with Crippen LogP contribution in [0.5, 0.6) is 0 Å². The van der Waals surface area contributed by atoms with Crippen molar-refractivity contribution in [1.82, 2.24) is 15.1 Å². The number of anilines is 1. The molecule has 1 atom stereocenters. The van der Waals surface area contributed by atoms with E-state index in [0.29, 0.717) is 6.54 Å². The van der Waals surface area contributed by atoms with Crippen LogP contribution in [-0.4, -0.2) is 48.5 Å². The molecule has 0 aliphatic carbocycles. The van der Waals surface area contributed by atoms with Crippen molar-refractivity contribution < 1.29 is 9.59 Å². The van der Waals surface area contributed by atoms with Gasteiger partial charge in [0.05, 0.1) is 6.67 Å². The van der Waals surface area contributed by atoms with Gasteiger partial charge in [-0.05, 0) is 56.5 Å². The molecule has 0 spiro atoms. The van der Waals surface area contributed by atoms with Crippen LogP contribution in [-0.2, 0) is 16.9 Å². The first kappa shape index (κ1) is 20.4. The van der Waals surface area contributed by atoms with E-state index < -0.39 is 5.54 Å². The van der Waals surface area contributed by atoms with E-state index in [1.54, 1.807) is 6.92 Å². The second-order valence-electron chi connectivity index (χ2n) is 8.52. The van der Waals surface area contributed by atoms with Crippen molar-refractivity contribution in [3.63, 3.8) is 0 Å². The lowest BCUT2D eigenvalue weighted by Gasteiger charge is -2.29. The summed E-state index contributed by atoms with van der Waals surface area (Å²) < 4.78 is 0. The molecule has 6 nitrogen and oxygen atoms in total. The number of hydrogen-bond acceptors (Lipinski definition) is 4. The minimum absolute atomic E-state index is 0.217. The molecule has 30 heavy (non-hydrogen) atoms. The topological polar surface area (TPSA) is 55.9 Å². The van der Waals surface area contributed by atoms with Gasteiger partial charge in [-0.2, -0.15) is 0 Å². The lowest BCUT2D eigenvalue weighted by molar-refractivity contribution is -0.132. The third-order valence-electron chi connectivity index (χ3n) is 6.12. The number of nitrogens with one attached hydrogen (secondary N) is 1. The molecule has 2 fully saturated rings. The molecule has 0 saturated carbocycles. The number of urea groups is 1. The Bertz CT molecular complexity index is 893. The number of benzene rings is 2. The molecule has 2 aliphatic heterocycles. The van der Waals surface area contributed by atoms with Crippen LogP contribution in [0.3, 0.4) is 0 Å². The van der Waals surface area contributed by atoms with Crippen LogP contribution in [0.25, 0.3) is 0 Å². The number of piperidine rings is 1. The number of amides is 3. The maximum Gasteiger partial charge on any atom is 0.326 e. The highest BCUT2D eigenvalue weighted by Crippen LogP contribution is 2.29. The fraction of sp³-hybridized carbons (Fsp3) is 0.417. The second-order valence-corrected chi connectivity index (χ2v) is 8.52. The summed E-state index contributed by atoms with van der Waals surface area (Å²) in [4.78, 5) is 31.3. The Labute approximate surface area is 178 Å². The SMILES string of the molecule is CN(Cc1ccc(N2CCCCC2)cc1)CN1C(=O)N[C@@](C)(c2ccccc2)C1=O. The minimum atomic E-state index is -1.02. The minimum Gasteiger partial charge on any atom is -0.372 e. The molecule has 2 aliphatic rings. The van der Waals surface area contributed by atoms with Gasteiger partial charge in [0.1, 0.15) is 5.54 Å². The van der Waals surface area contributed by atoms with E-state index in [-0.39, 0.29) is 18.6 Å². The van der Waals surface area contributed by atoms with Crippen LogP contribution in [0.4, 0.5) is 10.5 Å². The lowest BCUT2D eigenvalue weighted by Crippen LogP contribution is -2.42. The van der Waals surface area contributed by atoms with Gasteiger partial charge in [0.2, 0.25) is 0 Å². The zero-order valence-electron chi connectivity index (χ0n) is 17.8. The van der Waals surface area contributed by atoms with Crippen LogP contribution in [0.2, 0.25) is 0 Å². The van der Waals surface area contributed by atoms with Crippen molar-refractivity contribution in [2.75, 3.05) is 31.7 Å². The van der Waals surface area contributed by atoms with E-state index in [9.17, 15) is 9.59 Å². The molecule has 3 amide bonds. The fourth-order valence-electron chi connectivity index (χ4n) is 4.36. The largest absolute Gasteiger partial charge is 0.372 e. The van der Waals surface area contributed by atoms with Crippen LogP contribution in [0, 0.1) is 0 Å². The highest BCUT2D eigenvalue weighted by Gasteiger charge is 2.49. The molecule has 1 N–H and O–H groups in total. The normalized spacial score (nSPS) is 22.0. The van der Waals surface area contributed by atoms with Gasteiger partial charge < -0.3 is 10.2 Å². The number of nitrogens with zero attached hydrogens (tertiary/aromatic N) is 3. The summed E-state index contributed by atoms with van der Waals surface area (Å²) in [6.07, 6.45) is 3.85. The molecule has 4 rings (SSSR count). The van der Waals surface area contributed by atoms with Crippen molar-refractivity contribution in [3.05, 3.63) is 65.7 Å². The summed E-state index contributed by atoms with van der Waals surface area (Å²) in [6.45, 7) is 4.94. The molecule has 158 valence electrons. The zero-order chi connectivity index (χ0) is 21.1. The highest BCUT2D eigenvalue weighted by molar-refractivity contribution is 6.07. The van der Waals surface area contributed by atoms with E-state index in [4.69, 9.17) is 0 Å². The lowest BCUT2D eigenvalue weighted by atomic mass is 9.92. The van der Waals surface area contributed by atoms with Gasteiger partial charge in [-0.25, -0.2) is 9.69 Å². The number of carbonyl (C=O) groups excluding carboxylic acids is 2. The molecule has 0 unspecified atom stereocenters. The van der Waals surface area contributed by atoms with E-state index in [2.05, 4.69) is 34.5 Å². The van der Waals surface area contributed by atoms with Crippen LogP contribution < -0.4 is 10.2 Å². The monoisotopic (exact) mass is 406 g/mol. The van der Waals surface area contributed by atoms with Gasteiger partial charge in [-0.3, -0.25) is 9.69 Å². The van der Waals surface area contributed by atoms with Crippen molar-refractivity contribution in [3.8, 4) is 0 Å². The molecule has 6 heteroatoms. The molecule has 2 aromatic rings. The van der Waals surface area contributed by atoms with Gasteiger partial charge in [-0.15, -0.1) is 0 Å². The second kappa shape index (κ2) is 8.48. The van der Waals surface area contributed by atoms with Gasteiger partial charge in [0.25, 0.3) is 5.91 Å². The summed E-state index contributed by atoms with van der Waals surface area (Å²) >= 11 is 0. The fourth-order valence-corrected chi connectivity index (χ4v) is 4.36. The van der Waals surface area contributed by atoms with Crippen LogP contribution in [0.15, 0.2) is 54.6 Å². The molecule has 2 heterocycles. The smallest absolute Gasteiger partial charge is 0.326 e. The Balaban J connectivity index is 1.38. The van der Waals surface area contributed by atoms with E-state index in [0.717, 1.165) is 24.2 Å². The summed E-state index contributed by atoms with van der Waals surface area (Å²) in [6, 6.07) is 17.7. The molecule has 2 aromatic carbocycles. The standard InChI is InChI=1S/C24H30N4O2/c1-24(20-9-5-3-6-10-20)22(29)28(23(30)25-24)18-26(2)17-19-11-13-21(14-12-19)27-15-7-4-8-16-27/h3,5-6,9-14H,4,7-8,15-18H2,1-2H3,(H,25,30)/t24-/m0/s1. The third-order valence-corrected chi connectivity index (χ3v) is 6.12. The third kappa shape index (κ3) is 4.05. The Morgan fingerprint density at radius 1 is 0.967 bits per heavy atom. The Kier molecular flexibility index (Phi) is 5.77. The van der Waals surface area contributed by atoms with E-state index in [1.807, 2.05) is 42.3 Å². The first-order chi connectivity index (χ1) is 14.5. The van der Waals surface area contributed by atoms with Crippen LogP contribution >= 0.6 is 0 Å². The Morgan fingerprint density at radius 2 is 1.63 bits per heavy atom. The van der Waals surface area contributed by atoms with Crippen molar-refractivity contribution in [1.29, 1.82) is 0 Å². The zero-order valence-corrected chi connectivity index (χ0v) is 17.8. The molecule has 0 aromatic heterocycles. The van der Waals surface area contributed by atoms with Crippen molar-refractivity contribution in [2.45, 2.75) is 38.3 Å². The number of imide groups is 1. The maximum absolute atomic E-state index is 13.1. The van der Waals surface area contributed by atoms with E-state index in [1.165, 1.54) is 29.8 Å². The average Bonchev–Trinajstić information content (AvgIpc) is 2.99. The summed E-state index contributed by atoms with van der Waals surface area (Å²) in [5, 5.41) is 2.86. The number of rotatable bonds is 6. The predicted octanol–water partition coefficient (Wildman–Crippen LogP) is 3.53. The highest BCUT2D eigenvalue weighted by atomic mass is 16.2. The predicted molar refractivity (Wildman–Crippen MR) is 118 cm³/mol.